The van der Waals surface area contributed by atoms with Crippen LogP contribution >= 0.6 is 11.3 Å². The summed E-state index contributed by atoms with van der Waals surface area (Å²) in [6.07, 6.45) is 1.52. The van der Waals surface area contributed by atoms with Crippen molar-refractivity contribution < 1.29 is 9.90 Å². The van der Waals surface area contributed by atoms with E-state index in [0.29, 0.717) is 5.56 Å². The molecule has 3 aromatic carbocycles. The summed E-state index contributed by atoms with van der Waals surface area (Å²) in [5.74, 6) is -0.124. The Labute approximate surface area is 177 Å². The fourth-order valence-corrected chi connectivity index (χ4v) is 3.43. The summed E-state index contributed by atoms with van der Waals surface area (Å²) in [6, 6.07) is 23.6. The number of aromatic nitrogens is 1. The molecule has 0 fully saturated rings. The van der Waals surface area contributed by atoms with Gasteiger partial charge in [-0.1, -0.05) is 30.3 Å². The lowest BCUT2D eigenvalue weighted by Gasteiger charge is -2.02. The van der Waals surface area contributed by atoms with E-state index in [9.17, 15) is 9.90 Å². The predicted molar refractivity (Wildman–Crippen MR) is 120 cm³/mol. The second-order valence-corrected chi connectivity index (χ2v) is 7.26. The molecule has 0 aliphatic heterocycles. The molecular weight excluding hydrogens is 396 g/mol. The van der Waals surface area contributed by atoms with Gasteiger partial charge in [-0.15, -0.1) is 11.3 Å². The van der Waals surface area contributed by atoms with E-state index in [1.165, 1.54) is 17.6 Å². The number of phenolic OH excluding ortho intramolecular Hbond substituents is 1. The van der Waals surface area contributed by atoms with Gasteiger partial charge >= 0.3 is 0 Å². The van der Waals surface area contributed by atoms with Crippen molar-refractivity contribution in [3.63, 3.8) is 0 Å². The highest BCUT2D eigenvalue weighted by Gasteiger charge is 2.08. The number of nitrogens with one attached hydrogen (secondary N) is 2. The normalized spacial score (nSPS) is 10.8. The molecule has 4 aromatic rings. The topological polar surface area (TPSA) is 86.6 Å². The summed E-state index contributed by atoms with van der Waals surface area (Å²) in [7, 11) is 0. The minimum absolute atomic E-state index is 0.180. The zero-order valence-electron chi connectivity index (χ0n) is 15.8. The van der Waals surface area contributed by atoms with Crippen LogP contribution < -0.4 is 10.7 Å². The number of hydrogen-bond donors (Lipinski definition) is 3. The highest BCUT2D eigenvalue weighted by atomic mass is 32.1. The van der Waals surface area contributed by atoms with Crippen LogP contribution in [-0.2, 0) is 0 Å². The van der Waals surface area contributed by atoms with Crippen LogP contribution in [0.25, 0.3) is 11.3 Å². The second-order valence-electron chi connectivity index (χ2n) is 6.40. The average molecular weight is 414 g/mol. The summed E-state index contributed by atoms with van der Waals surface area (Å²) >= 11 is 1.52. The number of anilines is 2. The van der Waals surface area contributed by atoms with Gasteiger partial charge in [0, 0.05) is 22.2 Å². The zero-order valence-corrected chi connectivity index (χ0v) is 16.6. The second kappa shape index (κ2) is 9.02. The van der Waals surface area contributed by atoms with Crippen LogP contribution in [0, 0.1) is 0 Å². The van der Waals surface area contributed by atoms with Crippen molar-refractivity contribution in [3.05, 3.63) is 95.4 Å². The maximum atomic E-state index is 12.3. The fourth-order valence-electron chi connectivity index (χ4n) is 2.69. The van der Waals surface area contributed by atoms with Crippen molar-refractivity contribution >= 4 is 34.3 Å². The molecule has 3 N–H and O–H groups in total. The quantitative estimate of drug-likeness (QED) is 0.305. The number of rotatable bonds is 6. The molecule has 0 aliphatic rings. The van der Waals surface area contributed by atoms with Crippen LogP contribution in [0.5, 0.6) is 5.75 Å². The summed E-state index contributed by atoms with van der Waals surface area (Å²) in [5, 5.41) is 19.3. The van der Waals surface area contributed by atoms with Crippen molar-refractivity contribution in [2.45, 2.75) is 0 Å². The standard InChI is InChI=1S/C23H18N4O2S/c28-20-12-6-16(7-13-20)14-24-27-22(29)18-10-8-17(9-11-18)21-15-30-23(26-21)25-19-4-2-1-3-5-19/h1-15,28H,(H,25,26)(H,27,29)/b24-14-. The number of benzene rings is 3. The van der Waals surface area contributed by atoms with E-state index >= 15 is 0 Å². The van der Waals surface area contributed by atoms with Gasteiger partial charge in [0.25, 0.3) is 5.91 Å². The van der Waals surface area contributed by atoms with Crippen molar-refractivity contribution in [3.8, 4) is 17.0 Å². The number of nitrogens with zero attached hydrogens (tertiary/aromatic N) is 2. The Balaban J connectivity index is 1.37. The minimum atomic E-state index is -0.304. The van der Waals surface area contributed by atoms with Gasteiger partial charge in [-0.05, 0) is 54.1 Å². The molecule has 7 heteroatoms. The van der Waals surface area contributed by atoms with Crippen molar-refractivity contribution in [1.29, 1.82) is 0 Å². The number of hydrazone groups is 1. The first kappa shape index (κ1) is 19.4. The van der Waals surface area contributed by atoms with Gasteiger partial charge in [0.15, 0.2) is 5.13 Å². The Morgan fingerprint density at radius 2 is 1.70 bits per heavy atom. The van der Waals surface area contributed by atoms with Crippen molar-refractivity contribution in [2.24, 2.45) is 5.10 Å². The number of hydrogen-bond acceptors (Lipinski definition) is 6. The summed E-state index contributed by atoms with van der Waals surface area (Å²) in [5.41, 5.74) is 6.52. The fraction of sp³-hybridized carbons (Fsp3) is 0. The first-order chi connectivity index (χ1) is 14.7. The molecule has 0 saturated carbocycles. The minimum Gasteiger partial charge on any atom is -0.508 e. The number of aromatic hydroxyl groups is 1. The number of carbonyl (C=O) groups is 1. The Kier molecular flexibility index (Phi) is 5.82. The monoisotopic (exact) mass is 414 g/mol. The summed E-state index contributed by atoms with van der Waals surface area (Å²) in [4.78, 5) is 16.9. The molecular formula is C23H18N4O2S. The molecule has 1 aromatic heterocycles. The van der Waals surface area contributed by atoms with Gasteiger partial charge in [-0.25, -0.2) is 10.4 Å². The van der Waals surface area contributed by atoms with Crippen LogP contribution in [0.15, 0.2) is 89.3 Å². The lowest BCUT2D eigenvalue weighted by atomic mass is 10.1. The van der Waals surface area contributed by atoms with Crippen LogP contribution in [0.4, 0.5) is 10.8 Å². The average Bonchev–Trinajstić information content (AvgIpc) is 3.24. The molecule has 1 amide bonds. The molecule has 0 atom stereocenters. The Hall–Kier alpha value is -3.97. The molecule has 0 unspecified atom stereocenters. The van der Waals surface area contributed by atoms with Crippen molar-refractivity contribution in [2.75, 3.05) is 5.32 Å². The van der Waals surface area contributed by atoms with Crippen LogP contribution in [0.2, 0.25) is 0 Å². The maximum absolute atomic E-state index is 12.3. The highest BCUT2D eigenvalue weighted by molar-refractivity contribution is 7.14. The summed E-state index contributed by atoms with van der Waals surface area (Å²) < 4.78 is 0. The van der Waals surface area contributed by atoms with Gasteiger partial charge in [0.2, 0.25) is 0 Å². The van der Waals surface area contributed by atoms with E-state index in [2.05, 4.69) is 20.8 Å². The molecule has 0 saturated heterocycles. The number of amides is 1. The number of thiazole rings is 1. The van der Waals surface area contributed by atoms with E-state index in [-0.39, 0.29) is 11.7 Å². The molecule has 30 heavy (non-hydrogen) atoms. The number of carbonyl (C=O) groups excluding carboxylic acids is 1. The third-order valence-corrected chi connectivity index (χ3v) is 5.00. The van der Waals surface area contributed by atoms with E-state index in [0.717, 1.165) is 27.6 Å². The van der Waals surface area contributed by atoms with Crippen LogP contribution in [0.1, 0.15) is 15.9 Å². The van der Waals surface area contributed by atoms with E-state index in [1.807, 2.05) is 47.8 Å². The Morgan fingerprint density at radius 3 is 2.43 bits per heavy atom. The first-order valence-electron chi connectivity index (χ1n) is 9.18. The van der Waals surface area contributed by atoms with Crippen molar-refractivity contribution in [1.82, 2.24) is 10.4 Å². The largest absolute Gasteiger partial charge is 0.508 e. The number of phenols is 1. The Morgan fingerprint density at radius 1 is 0.967 bits per heavy atom. The lowest BCUT2D eigenvalue weighted by Crippen LogP contribution is -2.17. The lowest BCUT2D eigenvalue weighted by molar-refractivity contribution is 0.0955. The third kappa shape index (κ3) is 4.89. The molecule has 0 bridgehead atoms. The third-order valence-electron chi connectivity index (χ3n) is 4.24. The molecule has 0 radical (unpaired) electrons. The summed E-state index contributed by atoms with van der Waals surface area (Å²) in [6.45, 7) is 0. The molecule has 0 aliphatic carbocycles. The molecule has 0 spiro atoms. The van der Waals surface area contributed by atoms with Gasteiger partial charge < -0.3 is 10.4 Å². The van der Waals surface area contributed by atoms with Gasteiger partial charge in [-0.2, -0.15) is 5.10 Å². The zero-order chi connectivity index (χ0) is 20.8. The molecule has 148 valence electrons. The van der Waals surface area contributed by atoms with Gasteiger partial charge in [-0.3, -0.25) is 4.79 Å². The predicted octanol–water partition coefficient (Wildman–Crippen LogP) is 5.02. The van der Waals surface area contributed by atoms with E-state index < -0.39 is 0 Å². The van der Waals surface area contributed by atoms with Gasteiger partial charge in [0.05, 0.1) is 11.9 Å². The maximum Gasteiger partial charge on any atom is 0.271 e. The van der Waals surface area contributed by atoms with E-state index in [1.54, 1.807) is 36.4 Å². The Bertz CT molecular complexity index is 1150. The SMILES string of the molecule is O=C(N/N=C\c1ccc(O)cc1)c1ccc(-c2csc(Nc3ccccc3)n2)cc1. The molecule has 1 heterocycles. The van der Waals surface area contributed by atoms with Crippen LogP contribution in [0.3, 0.4) is 0 Å². The van der Waals surface area contributed by atoms with Gasteiger partial charge in [0.1, 0.15) is 5.75 Å². The first-order valence-corrected chi connectivity index (χ1v) is 10.1. The van der Waals surface area contributed by atoms with E-state index in [4.69, 9.17) is 0 Å². The smallest absolute Gasteiger partial charge is 0.271 e. The number of para-hydroxylation sites is 1. The molecule has 4 rings (SSSR count). The molecule has 6 nitrogen and oxygen atoms in total. The highest BCUT2D eigenvalue weighted by Crippen LogP contribution is 2.27. The van der Waals surface area contributed by atoms with Crippen LogP contribution in [-0.4, -0.2) is 22.2 Å².